The summed E-state index contributed by atoms with van der Waals surface area (Å²) in [5.41, 5.74) is 0. The van der Waals surface area contributed by atoms with Gasteiger partial charge in [0.2, 0.25) is 0 Å². The third kappa shape index (κ3) is 7.57. The second-order valence-electron chi connectivity index (χ2n) is 4.76. The molecule has 0 saturated carbocycles. The maximum atomic E-state index is 12.2. The summed E-state index contributed by atoms with van der Waals surface area (Å²) in [5, 5.41) is 17.5. The Balaban J connectivity index is 4.90. The van der Waals surface area contributed by atoms with Crippen molar-refractivity contribution in [1.82, 2.24) is 9.80 Å². The van der Waals surface area contributed by atoms with Gasteiger partial charge in [0.15, 0.2) is 0 Å². The van der Waals surface area contributed by atoms with Crippen molar-refractivity contribution in [3.05, 3.63) is 0 Å². The predicted octanol–water partition coefficient (Wildman–Crippen LogP) is 0.182. The zero-order chi connectivity index (χ0) is 15.7. The Kier molecular flexibility index (Phi) is 8.30. The molecular formula is C12H22N2O6. The summed E-state index contributed by atoms with van der Waals surface area (Å²) in [6.07, 6.45) is 0. The zero-order valence-electron chi connectivity index (χ0n) is 12.0. The Morgan fingerprint density at radius 2 is 1.55 bits per heavy atom. The molecule has 0 aromatic carbocycles. The highest BCUT2D eigenvalue weighted by Crippen LogP contribution is 2.04. The quantitative estimate of drug-likeness (QED) is 0.627. The van der Waals surface area contributed by atoms with Crippen LogP contribution in [0.15, 0.2) is 0 Å². The molecule has 0 aromatic rings. The minimum Gasteiger partial charge on any atom is -0.480 e. The first-order valence-corrected chi connectivity index (χ1v) is 6.24. The van der Waals surface area contributed by atoms with Gasteiger partial charge in [0.1, 0.15) is 13.1 Å². The number of ether oxygens (including phenoxy) is 1. The lowest BCUT2D eigenvalue weighted by Crippen LogP contribution is -2.49. The summed E-state index contributed by atoms with van der Waals surface area (Å²) in [7, 11) is 1.49. The molecule has 0 bridgehead atoms. The third-order valence-corrected chi connectivity index (χ3v) is 2.34. The lowest BCUT2D eigenvalue weighted by Gasteiger charge is -2.30. The summed E-state index contributed by atoms with van der Waals surface area (Å²) >= 11 is 0. The van der Waals surface area contributed by atoms with Gasteiger partial charge in [0.05, 0.1) is 6.61 Å². The van der Waals surface area contributed by atoms with E-state index in [4.69, 9.17) is 14.9 Å². The molecule has 2 N–H and O–H groups in total. The van der Waals surface area contributed by atoms with Gasteiger partial charge in [0, 0.05) is 20.2 Å². The molecule has 0 fully saturated rings. The summed E-state index contributed by atoms with van der Waals surface area (Å²) in [6, 6.07) is -0.611. The van der Waals surface area contributed by atoms with Crippen LogP contribution in [0.5, 0.6) is 0 Å². The van der Waals surface area contributed by atoms with Crippen LogP contribution < -0.4 is 0 Å². The largest absolute Gasteiger partial charge is 0.480 e. The van der Waals surface area contributed by atoms with Crippen LogP contribution >= 0.6 is 0 Å². The number of carbonyl (C=O) groups excluding carboxylic acids is 1. The standard InChI is InChI=1S/C12H22N2O6/c1-9(2)6-13(4-5-20-3)12(19)14(7-10(15)16)8-11(17)18/h9H,4-8H2,1-3H3,(H,15,16)(H,17,18). The molecule has 116 valence electrons. The van der Waals surface area contributed by atoms with Crippen LogP contribution in [0.2, 0.25) is 0 Å². The molecule has 0 aliphatic rings. The number of methoxy groups -OCH3 is 1. The van der Waals surface area contributed by atoms with Gasteiger partial charge in [-0.1, -0.05) is 13.8 Å². The molecule has 8 nitrogen and oxygen atoms in total. The second kappa shape index (κ2) is 9.13. The van der Waals surface area contributed by atoms with Gasteiger partial charge >= 0.3 is 18.0 Å². The number of carbonyl (C=O) groups is 3. The van der Waals surface area contributed by atoms with E-state index in [1.165, 1.54) is 12.0 Å². The molecular weight excluding hydrogens is 268 g/mol. The molecule has 0 aromatic heterocycles. The first-order chi connectivity index (χ1) is 9.27. The minimum atomic E-state index is -1.25. The monoisotopic (exact) mass is 290 g/mol. The van der Waals surface area contributed by atoms with Crippen LogP contribution in [0.25, 0.3) is 0 Å². The fraction of sp³-hybridized carbons (Fsp3) is 0.750. The van der Waals surface area contributed by atoms with Crippen LogP contribution in [-0.2, 0) is 14.3 Å². The van der Waals surface area contributed by atoms with Crippen LogP contribution in [0.4, 0.5) is 4.79 Å². The topological polar surface area (TPSA) is 107 Å². The van der Waals surface area contributed by atoms with Crippen LogP contribution in [0.1, 0.15) is 13.8 Å². The fourth-order valence-corrected chi connectivity index (χ4v) is 1.62. The van der Waals surface area contributed by atoms with Crippen LogP contribution in [0, 0.1) is 5.92 Å². The van der Waals surface area contributed by atoms with Gasteiger partial charge in [-0.25, -0.2) is 4.79 Å². The van der Waals surface area contributed by atoms with Gasteiger partial charge in [-0.3, -0.25) is 9.59 Å². The summed E-state index contributed by atoms with van der Waals surface area (Å²) < 4.78 is 4.90. The van der Waals surface area contributed by atoms with E-state index < -0.39 is 31.1 Å². The number of rotatable bonds is 9. The summed E-state index contributed by atoms with van der Waals surface area (Å²) in [4.78, 5) is 35.9. The van der Waals surface area contributed by atoms with E-state index >= 15 is 0 Å². The van der Waals surface area contributed by atoms with Crippen molar-refractivity contribution in [3.63, 3.8) is 0 Å². The Morgan fingerprint density at radius 3 is 1.90 bits per heavy atom. The number of amides is 2. The van der Waals surface area contributed by atoms with E-state index in [2.05, 4.69) is 0 Å². The molecule has 0 spiro atoms. The molecule has 8 heteroatoms. The number of hydrogen-bond acceptors (Lipinski definition) is 4. The number of aliphatic carboxylic acids is 2. The van der Waals surface area contributed by atoms with Gasteiger partial charge in [-0.05, 0) is 5.92 Å². The average molecular weight is 290 g/mol. The van der Waals surface area contributed by atoms with Gasteiger partial charge < -0.3 is 24.7 Å². The smallest absolute Gasteiger partial charge is 0.323 e. The number of nitrogens with zero attached hydrogens (tertiary/aromatic N) is 2. The zero-order valence-corrected chi connectivity index (χ0v) is 12.0. The van der Waals surface area contributed by atoms with Crippen molar-refractivity contribution in [2.75, 3.05) is 39.9 Å². The molecule has 0 aliphatic carbocycles. The molecule has 0 rings (SSSR count). The van der Waals surface area contributed by atoms with Gasteiger partial charge in [-0.15, -0.1) is 0 Å². The van der Waals surface area contributed by atoms with E-state index in [1.807, 2.05) is 13.8 Å². The van der Waals surface area contributed by atoms with Gasteiger partial charge in [-0.2, -0.15) is 0 Å². The third-order valence-electron chi connectivity index (χ3n) is 2.34. The van der Waals surface area contributed by atoms with Crippen molar-refractivity contribution in [1.29, 1.82) is 0 Å². The Bertz CT molecular complexity index is 329. The number of hydrogen-bond donors (Lipinski definition) is 2. The van der Waals surface area contributed by atoms with E-state index in [0.717, 1.165) is 4.90 Å². The summed E-state index contributed by atoms with van der Waals surface area (Å²) in [5.74, 6) is -2.33. The maximum Gasteiger partial charge on any atom is 0.323 e. The van der Waals surface area contributed by atoms with Crippen molar-refractivity contribution in [3.8, 4) is 0 Å². The summed E-state index contributed by atoms with van der Waals surface area (Å²) in [6.45, 7) is 3.50. The molecule has 2 amide bonds. The van der Waals surface area contributed by atoms with Crippen molar-refractivity contribution >= 4 is 18.0 Å². The molecule has 20 heavy (non-hydrogen) atoms. The normalized spacial score (nSPS) is 10.4. The van der Waals surface area contributed by atoms with Crippen LogP contribution in [0.3, 0.4) is 0 Å². The Hall–Kier alpha value is -1.83. The molecule has 0 atom stereocenters. The predicted molar refractivity (Wildman–Crippen MR) is 70.5 cm³/mol. The number of carboxylic acid groups (broad SMARTS) is 2. The highest BCUT2D eigenvalue weighted by molar-refractivity contribution is 5.84. The Morgan fingerprint density at radius 1 is 1.05 bits per heavy atom. The second-order valence-corrected chi connectivity index (χ2v) is 4.76. The van der Waals surface area contributed by atoms with E-state index in [9.17, 15) is 14.4 Å². The van der Waals surface area contributed by atoms with E-state index in [0.29, 0.717) is 13.2 Å². The lowest BCUT2D eigenvalue weighted by atomic mass is 10.2. The van der Waals surface area contributed by atoms with Crippen molar-refractivity contribution < 1.29 is 29.3 Å². The molecule has 0 radical (unpaired) electrons. The highest BCUT2D eigenvalue weighted by atomic mass is 16.5. The van der Waals surface area contributed by atoms with E-state index in [-0.39, 0.29) is 12.5 Å². The fourth-order valence-electron chi connectivity index (χ4n) is 1.62. The average Bonchev–Trinajstić information content (AvgIpc) is 2.31. The van der Waals surface area contributed by atoms with E-state index in [1.54, 1.807) is 0 Å². The highest BCUT2D eigenvalue weighted by Gasteiger charge is 2.25. The molecule has 0 heterocycles. The van der Waals surface area contributed by atoms with Crippen LogP contribution in [-0.4, -0.2) is 77.9 Å². The van der Waals surface area contributed by atoms with Gasteiger partial charge in [0.25, 0.3) is 0 Å². The number of carboxylic acids is 2. The Labute approximate surface area is 117 Å². The van der Waals surface area contributed by atoms with Crippen molar-refractivity contribution in [2.24, 2.45) is 5.92 Å². The maximum absolute atomic E-state index is 12.2. The lowest BCUT2D eigenvalue weighted by molar-refractivity contribution is -0.140. The first kappa shape index (κ1) is 18.2. The number of urea groups is 1. The minimum absolute atomic E-state index is 0.173. The SMILES string of the molecule is COCCN(CC(C)C)C(=O)N(CC(=O)O)CC(=O)O. The molecule has 0 aliphatic heterocycles. The van der Waals surface area contributed by atoms with Crippen molar-refractivity contribution in [2.45, 2.75) is 13.8 Å². The molecule has 0 saturated heterocycles. The molecule has 0 unspecified atom stereocenters. The first-order valence-electron chi connectivity index (χ1n) is 6.24.